The van der Waals surface area contributed by atoms with E-state index in [4.69, 9.17) is 4.74 Å². The molecule has 1 atom stereocenters. The van der Waals surface area contributed by atoms with Gasteiger partial charge in [0.15, 0.2) is 0 Å². The molecule has 0 fully saturated rings. The average Bonchev–Trinajstić information content (AvgIpc) is 2.87. The molecule has 3 aromatic rings. The van der Waals surface area contributed by atoms with Crippen molar-refractivity contribution in [2.45, 2.75) is 49.4 Å². The van der Waals surface area contributed by atoms with Crippen molar-refractivity contribution < 1.29 is 14.6 Å². The molecule has 0 aliphatic rings. The van der Waals surface area contributed by atoms with E-state index in [-0.39, 0.29) is 17.1 Å². The number of benzene rings is 3. The maximum atomic E-state index is 12.0. The van der Waals surface area contributed by atoms with Gasteiger partial charge in [0.2, 0.25) is 0 Å². The highest BCUT2D eigenvalue weighted by Crippen LogP contribution is 2.48. The highest BCUT2D eigenvalue weighted by Gasteiger charge is 2.36. The number of thioether (sulfide) groups is 1. The molecule has 0 aliphatic carbocycles. The van der Waals surface area contributed by atoms with Crippen molar-refractivity contribution in [2.24, 2.45) is 0 Å². The number of aliphatic hydroxyl groups excluding tert-OH is 1. The van der Waals surface area contributed by atoms with Crippen molar-refractivity contribution in [3.8, 4) is 0 Å². The Hall–Kier alpha value is -2.60. The monoisotopic (exact) mass is 518 g/mol. The van der Waals surface area contributed by atoms with Crippen LogP contribution >= 0.6 is 11.8 Å². The number of hydrogen-bond acceptors (Lipinski definition) is 4. The van der Waals surface area contributed by atoms with Crippen molar-refractivity contribution in [2.75, 3.05) is 12.4 Å². The van der Waals surface area contributed by atoms with Crippen LogP contribution in [-0.4, -0.2) is 37.6 Å². The molecule has 0 spiro atoms. The predicted molar refractivity (Wildman–Crippen MR) is 155 cm³/mol. The van der Waals surface area contributed by atoms with E-state index in [1.165, 1.54) is 16.7 Å². The van der Waals surface area contributed by atoms with Crippen molar-refractivity contribution in [1.82, 2.24) is 0 Å². The van der Waals surface area contributed by atoms with Gasteiger partial charge >= 0.3 is 5.97 Å². The number of aliphatic hydroxyl groups is 1. The number of ether oxygens (including phenoxy) is 1. The van der Waals surface area contributed by atoms with Crippen LogP contribution in [0.25, 0.3) is 0 Å². The minimum Gasteiger partial charge on any atom is -0.466 e. The van der Waals surface area contributed by atoms with Crippen LogP contribution in [0, 0.1) is 0 Å². The Bertz CT molecular complexity index is 982. The van der Waals surface area contributed by atoms with Crippen LogP contribution in [0.2, 0.25) is 25.7 Å². The molecule has 0 saturated heterocycles. The summed E-state index contributed by atoms with van der Waals surface area (Å²) in [6.45, 7) is 7.19. The second-order valence-electron chi connectivity index (χ2n) is 10.1. The van der Waals surface area contributed by atoms with Crippen LogP contribution in [0.1, 0.15) is 29.5 Å². The number of allylic oxidation sites excluding steroid dienone is 1. The van der Waals surface area contributed by atoms with Gasteiger partial charge in [-0.25, -0.2) is 0 Å². The van der Waals surface area contributed by atoms with Gasteiger partial charge in [0.25, 0.3) is 0 Å². The van der Waals surface area contributed by atoms with Gasteiger partial charge in [0.1, 0.15) is 0 Å². The Kier molecular flexibility index (Phi) is 10.6. The fourth-order valence-electron chi connectivity index (χ4n) is 4.07. The van der Waals surface area contributed by atoms with Crippen LogP contribution in [-0.2, 0) is 14.3 Å². The Morgan fingerprint density at radius 1 is 0.889 bits per heavy atom. The minimum absolute atomic E-state index is 0.00265. The molecular formula is C31H38O3SSi. The van der Waals surface area contributed by atoms with Crippen molar-refractivity contribution in [1.29, 1.82) is 0 Å². The zero-order valence-electron chi connectivity index (χ0n) is 21.6. The lowest BCUT2D eigenvalue weighted by atomic mass is 9.84. The first-order chi connectivity index (χ1) is 17.3. The second kappa shape index (κ2) is 13.6. The fraction of sp³-hybridized carbons (Fsp3) is 0.323. The molecule has 3 aromatic carbocycles. The highest BCUT2D eigenvalue weighted by molar-refractivity contribution is 8.00. The summed E-state index contributed by atoms with van der Waals surface area (Å²) in [5.41, 5.74) is 3.70. The van der Waals surface area contributed by atoms with Crippen molar-refractivity contribution in [3.05, 3.63) is 120 Å². The number of esters is 1. The molecule has 36 heavy (non-hydrogen) atoms. The molecule has 0 amide bonds. The van der Waals surface area contributed by atoms with Crippen molar-refractivity contribution >= 4 is 25.8 Å². The molecule has 0 heterocycles. The molecule has 0 saturated carbocycles. The molecule has 0 radical (unpaired) electrons. The lowest BCUT2D eigenvalue weighted by molar-refractivity contribution is -0.144. The van der Waals surface area contributed by atoms with Gasteiger partial charge < -0.3 is 9.84 Å². The van der Waals surface area contributed by atoms with E-state index in [1.807, 2.05) is 17.8 Å². The van der Waals surface area contributed by atoms with E-state index < -0.39 is 14.2 Å². The number of hydrogen-bond donors (Lipinski definition) is 1. The van der Waals surface area contributed by atoms with Gasteiger partial charge in [-0.15, -0.1) is 11.8 Å². The molecule has 0 unspecified atom stereocenters. The third-order valence-electron chi connectivity index (χ3n) is 5.99. The first kappa shape index (κ1) is 28.0. The molecular weight excluding hydrogens is 480 g/mol. The average molecular weight is 519 g/mol. The Morgan fingerprint density at radius 2 is 1.36 bits per heavy atom. The smallest absolute Gasteiger partial charge is 0.308 e. The normalized spacial score (nSPS) is 13.0. The van der Waals surface area contributed by atoms with Crippen LogP contribution < -0.4 is 0 Å². The van der Waals surface area contributed by atoms with Gasteiger partial charge in [-0.3, -0.25) is 4.79 Å². The zero-order valence-corrected chi connectivity index (χ0v) is 23.4. The Morgan fingerprint density at radius 3 is 1.81 bits per heavy atom. The predicted octanol–water partition coefficient (Wildman–Crippen LogP) is 7.29. The SMILES string of the molecule is C[Si](C)(C)CCOC(=O)C[C@H](O)C=CCCSC(c1ccccc1)(c1ccccc1)c1ccccc1. The lowest BCUT2D eigenvalue weighted by Crippen LogP contribution is -2.26. The summed E-state index contributed by atoms with van der Waals surface area (Å²) in [4.78, 5) is 12.0. The maximum Gasteiger partial charge on any atom is 0.308 e. The Labute approximate surface area is 221 Å². The van der Waals surface area contributed by atoms with Gasteiger partial charge in [-0.2, -0.15) is 0 Å². The number of rotatable bonds is 13. The molecule has 0 aliphatic heterocycles. The van der Waals surface area contributed by atoms with Crippen LogP contribution in [0.3, 0.4) is 0 Å². The first-order valence-electron chi connectivity index (χ1n) is 12.6. The van der Waals surface area contributed by atoms with E-state index in [2.05, 4.69) is 111 Å². The summed E-state index contributed by atoms with van der Waals surface area (Å²) in [5, 5.41) is 10.3. The number of carbonyl (C=O) groups excluding carboxylic acids is 1. The van der Waals surface area contributed by atoms with E-state index in [1.54, 1.807) is 6.08 Å². The van der Waals surface area contributed by atoms with Gasteiger partial charge in [-0.05, 0) is 34.9 Å². The van der Waals surface area contributed by atoms with Gasteiger partial charge in [-0.1, -0.05) is 123 Å². The molecule has 0 aromatic heterocycles. The maximum absolute atomic E-state index is 12.0. The molecule has 5 heteroatoms. The van der Waals surface area contributed by atoms with Crippen LogP contribution in [0.4, 0.5) is 0 Å². The van der Waals surface area contributed by atoms with E-state index in [9.17, 15) is 9.90 Å². The highest BCUT2D eigenvalue weighted by atomic mass is 32.2. The topological polar surface area (TPSA) is 46.5 Å². The Balaban J connectivity index is 1.68. The van der Waals surface area contributed by atoms with E-state index in [0.29, 0.717) is 6.61 Å². The standard InChI is InChI=1S/C31H38O3SSi/c1-36(2,3)24-22-34-30(33)25-29(32)21-13-14-23-35-31(26-15-7-4-8-16-26,27-17-9-5-10-18-27)28-19-11-6-12-20-28/h4-13,15-21,29,32H,14,22-25H2,1-3H3/t29-/m1/s1. The van der Waals surface area contributed by atoms with Crippen LogP contribution in [0.15, 0.2) is 103 Å². The number of carbonyl (C=O) groups is 1. The first-order valence-corrected chi connectivity index (χ1v) is 17.3. The minimum atomic E-state index is -1.24. The second-order valence-corrected chi connectivity index (χ2v) is 17.1. The third-order valence-corrected chi connectivity index (χ3v) is 9.28. The summed E-state index contributed by atoms with van der Waals surface area (Å²) in [7, 11) is -1.24. The van der Waals surface area contributed by atoms with Gasteiger partial charge in [0.05, 0.1) is 23.9 Å². The molecule has 1 N–H and O–H groups in total. The molecule has 3 nitrogen and oxygen atoms in total. The van der Waals surface area contributed by atoms with E-state index >= 15 is 0 Å². The third kappa shape index (κ3) is 8.22. The summed E-state index contributed by atoms with van der Waals surface area (Å²) in [6, 6.07) is 32.8. The van der Waals surface area contributed by atoms with Gasteiger partial charge in [0, 0.05) is 8.07 Å². The fourth-order valence-corrected chi connectivity index (χ4v) is 6.25. The molecule has 3 rings (SSSR count). The summed E-state index contributed by atoms with van der Waals surface area (Å²) < 4.78 is 4.95. The van der Waals surface area contributed by atoms with Crippen molar-refractivity contribution in [3.63, 3.8) is 0 Å². The lowest BCUT2D eigenvalue weighted by Gasteiger charge is -2.35. The zero-order chi connectivity index (χ0) is 25.9. The molecule has 190 valence electrons. The summed E-state index contributed by atoms with van der Waals surface area (Å²) in [5.74, 6) is 0.513. The summed E-state index contributed by atoms with van der Waals surface area (Å²) in [6.07, 6.45) is 3.64. The van der Waals surface area contributed by atoms with E-state index in [0.717, 1.165) is 18.2 Å². The molecule has 0 bridgehead atoms. The van der Waals surface area contributed by atoms with Crippen LogP contribution in [0.5, 0.6) is 0 Å². The largest absolute Gasteiger partial charge is 0.466 e. The summed E-state index contributed by atoms with van der Waals surface area (Å²) >= 11 is 1.89. The quantitative estimate of drug-likeness (QED) is 0.0848.